The molecule has 1 unspecified atom stereocenters. The predicted octanol–water partition coefficient (Wildman–Crippen LogP) is 3.62. The van der Waals surface area contributed by atoms with Crippen molar-refractivity contribution in [2.24, 2.45) is 0 Å². The van der Waals surface area contributed by atoms with Gasteiger partial charge in [-0.2, -0.15) is 0 Å². The SMILES string of the molecule is CCCCCCNC(CC)C(=O)c1ccc2c(c1)NCCO2. The average Bonchev–Trinajstić information content (AvgIpc) is 2.57. The van der Waals surface area contributed by atoms with Crippen LogP contribution in [0.25, 0.3) is 0 Å². The molecule has 0 spiro atoms. The van der Waals surface area contributed by atoms with E-state index in [0.29, 0.717) is 6.61 Å². The number of fused-ring (bicyclic) bond motifs is 1. The molecule has 0 saturated heterocycles. The van der Waals surface area contributed by atoms with Gasteiger partial charge in [-0.25, -0.2) is 0 Å². The van der Waals surface area contributed by atoms with Crippen LogP contribution >= 0.6 is 0 Å². The highest BCUT2D eigenvalue weighted by atomic mass is 16.5. The molecular weight excluding hydrogens is 276 g/mol. The molecule has 0 aromatic heterocycles. The average molecular weight is 304 g/mol. The number of nitrogens with one attached hydrogen (secondary N) is 2. The number of unbranched alkanes of at least 4 members (excludes halogenated alkanes) is 3. The summed E-state index contributed by atoms with van der Waals surface area (Å²) in [5.74, 6) is 1.01. The summed E-state index contributed by atoms with van der Waals surface area (Å²) >= 11 is 0. The van der Waals surface area contributed by atoms with E-state index in [1.165, 1.54) is 19.3 Å². The number of carbonyl (C=O) groups excluding carboxylic acids is 1. The van der Waals surface area contributed by atoms with Crippen LogP contribution in [-0.2, 0) is 0 Å². The molecule has 1 aliphatic heterocycles. The van der Waals surface area contributed by atoms with Crippen molar-refractivity contribution in [3.8, 4) is 5.75 Å². The van der Waals surface area contributed by atoms with Crippen molar-refractivity contribution in [1.82, 2.24) is 5.32 Å². The number of anilines is 1. The van der Waals surface area contributed by atoms with Crippen molar-refractivity contribution in [3.63, 3.8) is 0 Å². The first kappa shape index (κ1) is 16.8. The van der Waals surface area contributed by atoms with Gasteiger partial charge in [-0.15, -0.1) is 0 Å². The van der Waals surface area contributed by atoms with Gasteiger partial charge in [-0.05, 0) is 37.6 Å². The highest BCUT2D eigenvalue weighted by Gasteiger charge is 2.19. The van der Waals surface area contributed by atoms with Crippen LogP contribution in [0.1, 0.15) is 56.3 Å². The summed E-state index contributed by atoms with van der Waals surface area (Å²) < 4.78 is 5.56. The summed E-state index contributed by atoms with van der Waals surface area (Å²) in [6, 6.07) is 5.58. The number of hydrogen-bond donors (Lipinski definition) is 2. The molecule has 2 rings (SSSR count). The van der Waals surface area contributed by atoms with Gasteiger partial charge >= 0.3 is 0 Å². The van der Waals surface area contributed by atoms with E-state index in [1.54, 1.807) is 0 Å². The number of benzene rings is 1. The summed E-state index contributed by atoms with van der Waals surface area (Å²) in [6.45, 7) is 6.65. The lowest BCUT2D eigenvalue weighted by atomic mass is 10.0. The third kappa shape index (κ3) is 4.47. The fourth-order valence-corrected chi connectivity index (χ4v) is 2.75. The van der Waals surface area contributed by atoms with Gasteiger partial charge in [0.2, 0.25) is 0 Å². The number of Topliss-reactive ketones (excluding diaryl/α,β-unsaturated/α-hetero) is 1. The molecule has 1 aromatic rings. The molecule has 0 bridgehead atoms. The van der Waals surface area contributed by atoms with Gasteiger partial charge < -0.3 is 15.4 Å². The monoisotopic (exact) mass is 304 g/mol. The predicted molar refractivity (Wildman–Crippen MR) is 91.0 cm³/mol. The molecule has 0 amide bonds. The summed E-state index contributed by atoms with van der Waals surface area (Å²) in [6.07, 6.45) is 5.68. The molecule has 4 nitrogen and oxygen atoms in total. The van der Waals surface area contributed by atoms with E-state index in [-0.39, 0.29) is 11.8 Å². The Hall–Kier alpha value is -1.55. The van der Waals surface area contributed by atoms with Crippen LogP contribution in [0.3, 0.4) is 0 Å². The molecule has 1 aliphatic rings. The summed E-state index contributed by atoms with van der Waals surface area (Å²) in [4.78, 5) is 12.7. The van der Waals surface area contributed by atoms with Gasteiger partial charge in [-0.3, -0.25) is 4.79 Å². The summed E-state index contributed by atoms with van der Waals surface area (Å²) in [5.41, 5.74) is 1.68. The van der Waals surface area contributed by atoms with Crippen LogP contribution in [0.2, 0.25) is 0 Å². The van der Waals surface area contributed by atoms with Crippen molar-refractivity contribution in [2.45, 2.75) is 52.0 Å². The molecular formula is C18H28N2O2. The van der Waals surface area contributed by atoms with Crippen LogP contribution < -0.4 is 15.4 Å². The minimum atomic E-state index is -0.0933. The molecule has 1 aromatic carbocycles. The first-order valence-electron chi connectivity index (χ1n) is 8.54. The first-order valence-corrected chi connectivity index (χ1v) is 8.54. The zero-order valence-electron chi connectivity index (χ0n) is 13.8. The highest BCUT2D eigenvalue weighted by molar-refractivity contribution is 6.01. The van der Waals surface area contributed by atoms with Gasteiger partial charge in [0.25, 0.3) is 0 Å². The van der Waals surface area contributed by atoms with Crippen LogP contribution in [0.15, 0.2) is 18.2 Å². The zero-order chi connectivity index (χ0) is 15.8. The van der Waals surface area contributed by atoms with Crippen molar-refractivity contribution in [3.05, 3.63) is 23.8 Å². The fourth-order valence-electron chi connectivity index (χ4n) is 2.75. The van der Waals surface area contributed by atoms with E-state index < -0.39 is 0 Å². The van der Waals surface area contributed by atoms with E-state index in [2.05, 4.69) is 24.5 Å². The Morgan fingerprint density at radius 3 is 2.95 bits per heavy atom. The smallest absolute Gasteiger partial charge is 0.179 e. The molecule has 4 heteroatoms. The van der Waals surface area contributed by atoms with Gasteiger partial charge in [0.1, 0.15) is 12.4 Å². The van der Waals surface area contributed by atoms with Crippen molar-refractivity contribution < 1.29 is 9.53 Å². The summed E-state index contributed by atoms with van der Waals surface area (Å²) in [7, 11) is 0. The number of ether oxygens (including phenoxy) is 1. The first-order chi connectivity index (χ1) is 10.8. The minimum Gasteiger partial charge on any atom is -0.490 e. The van der Waals surface area contributed by atoms with Gasteiger partial charge in [0.15, 0.2) is 5.78 Å². The number of rotatable bonds is 9. The number of hydrogen-bond acceptors (Lipinski definition) is 4. The minimum absolute atomic E-state index is 0.0933. The Morgan fingerprint density at radius 1 is 1.32 bits per heavy atom. The zero-order valence-corrected chi connectivity index (χ0v) is 13.8. The normalized spacial score (nSPS) is 14.6. The summed E-state index contributed by atoms with van der Waals surface area (Å²) in [5, 5.41) is 6.69. The number of ketones is 1. The molecule has 1 heterocycles. The maximum Gasteiger partial charge on any atom is 0.179 e. The molecule has 1 atom stereocenters. The quantitative estimate of drug-likeness (QED) is 0.540. The Bertz CT molecular complexity index is 488. The third-order valence-corrected chi connectivity index (χ3v) is 4.08. The van der Waals surface area contributed by atoms with E-state index >= 15 is 0 Å². The van der Waals surface area contributed by atoms with Crippen molar-refractivity contribution >= 4 is 11.5 Å². The Labute approximate surface area is 133 Å². The Kier molecular flexibility index (Phi) is 6.72. The van der Waals surface area contributed by atoms with Crippen molar-refractivity contribution in [1.29, 1.82) is 0 Å². The number of carbonyl (C=O) groups is 1. The second kappa shape index (κ2) is 8.79. The van der Waals surface area contributed by atoms with Crippen LogP contribution in [0.5, 0.6) is 5.75 Å². The Morgan fingerprint density at radius 2 is 2.18 bits per heavy atom. The van der Waals surface area contributed by atoms with E-state index in [9.17, 15) is 4.79 Å². The molecule has 22 heavy (non-hydrogen) atoms. The molecule has 0 fully saturated rings. The molecule has 2 N–H and O–H groups in total. The van der Waals surface area contributed by atoms with Gasteiger partial charge in [-0.1, -0.05) is 33.1 Å². The van der Waals surface area contributed by atoms with Gasteiger partial charge in [0.05, 0.1) is 11.7 Å². The molecule has 0 aliphatic carbocycles. The van der Waals surface area contributed by atoms with Crippen LogP contribution in [-0.4, -0.2) is 31.5 Å². The second-order valence-corrected chi connectivity index (χ2v) is 5.83. The van der Waals surface area contributed by atoms with Crippen molar-refractivity contribution in [2.75, 3.05) is 25.0 Å². The molecule has 0 radical (unpaired) electrons. The standard InChI is InChI=1S/C18H28N2O2/c1-3-5-6-7-10-19-15(4-2)18(21)14-8-9-17-16(13-14)20-11-12-22-17/h8-9,13,15,19-20H,3-7,10-12H2,1-2H3. The fraction of sp³-hybridized carbons (Fsp3) is 0.611. The van der Waals surface area contributed by atoms with E-state index in [4.69, 9.17) is 4.74 Å². The maximum absolute atomic E-state index is 12.7. The molecule has 122 valence electrons. The molecule has 0 saturated carbocycles. The van der Waals surface area contributed by atoms with Crippen LogP contribution in [0, 0.1) is 0 Å². The van der Waals surface area contributed by atoms with Gasteiger partial charge in [0, 0.05) is 12.1 Å². The van der Waals surface area contributed by atoms with E-state index in [0.717, 1.165) is 42.9 Å². The maximum atomic E-state index is 12.7. The lowest BCUT2D eigenvalue weighted by molar-refractivity contribution is 0.0940. The third-order valence-electron chi connectivity index (χ3n) is 4.08. The topological polar surface area (TPSA) is 50.4 Å². The second-order valence-electron chi connectivity index (χ2n) is 5.83. The highest BCUT2D eigenvalue weighted by Crippen LogP contribution is 2.28. The lowest BCUT2D eigenvalue weighted by Gasteiger charge is -2.21. The largest absolute Gasteiger partial charge is 0.490 e. The lowest BCUT2D eigenvalue weighted by Crippen LogP contribution is -2.37. The van der Waals surface area contributed by atoms with E-state index in [1.807, 2.05) is 18.2 Å². The Balaban J connectivity index is 1.93. The van der Waals surface area contributed by atoms with Crippen LogP contribution in [0.4, 0.5) is 5.69 Å².